The van der Waals surface area contributed by atoms with Crippen LogP contribution in [0.15, 0.2) is 24.3 Å². The lowest BCUT2D eigenvalue weighted by Crippen LogP contribution is -2.36. The number of carbonyl (C=O) groups is 1. The third kappa shape index (κ3) is 3.15. The molecule has 1 aromatic rings. The maximum atomic E-state index is 11.5. The number of nitrogen functional groups attached to an aromatic ring is 1. The lowest BCUT2D eigenvalue weighted by molar-refractivity contribution is 0.108. The van der Waals surface area contributed by atoms with Gasteiger partial charge in [-0.05, 0) is 31.5 Å². The molecule has 0 aliphatic carbocycles. The van der Waals surface area contributed by atoms with E-state index in [9.17, 15) is 4.79 Å². The van der Waals surface area contributed by atoms with Crippen molar-refractivity contribution < 1.29 is 9.53 Å². The van der Waals surface area contributed by atoms with Crippen LogP contribution in [0.25, 0.3) is 0 Å². The number of nitrogens with two attached hydrogens (primary N) is 1. The number of hydrogen-bond acceptors (Lipinski definition) is 3. The van der Waals surface area contributed by atoms with E-state index in [-0.39, 0.29) is 12.1 Å². The molecule has 0 unspecified atom stereocenters. The van der Waals surface area contributed by atoms with Crippen LogP contribution in [0.5, 0.6) is 0 Å². The van der Waals surface area contributed by atoms with Crippen molar-refractivity contribution in [3.8, 4) is 0 Å². The first-order chi connectivity index (χ1) is 7.54. The summed E-state index contributed by atoms with van der Waals surface area (Å²) in [6, 6.07) is 7.57. The zero-order valence-electron chi connectivity index (χ0n) is 9.93. The molecule has 0 saturated carbocycles. The third-order valence-electron chi connectivity index (χ3n) is 2.37. The highest BCUT2D eigenvalue weighted by Gasteiger charge is 2.17. The summed E-state index contributed by atoms with van der Waals surface area (Å²) < 4.78 is 4.73. The van der Waals surface area contributed by atoms with E-state index in [2.05, 4.69) is 0 Å². The molecule has 0 heterocycles. The summed E-state index contributed by atoms with van der Waals surface area (Å²) in [5.41, 5.74) is 7.35. The van der Waals surface area contributed by atoms with Crippen LogP contribution in [0.2, 0.25) is 0 Å². The number of anilines is 1. The molecular weight excluding hydrogens is 204 g/mol. The largest absolute Gasteiger partial charge is 0.453 e. The van der Waals surface area contributed by atoms with E-state index in [4.69, 9.17) is 10.5 Å². The molecule has 88 valence electrons. The fraction of sp³-hybridized carbons (Fsp3) is 0.417. The minimum atomic E-state index is -0.313. The van der Waals surface area contributed by atoms with E-state index in [0.29, 0.717) is 6.54 Å². The van der Waals surface area contributed by atoms with Gasteiger partial charge in [0, 0.05) is 18.3 Å². The predicted octanol–water partition coefficient (Wildman–Crippen LogP) is 2.25. The van der Waals surface area contributed by atoms with Gasteiger partial charge in [0.25, 0.3) is 0 Å². The SMILES string of the molecule is COC(=O)N(Cc1ccc(N)cc1)C(C)C. The fourth-order valence-corrected chi connectivity index (χ4v) is 1.39. The Bertz CT molecular complexity index is 347. The molecular formula is C12H18N2O2. The lowest BCUT2D eigenvalue weighted by atomic mass is 10.2. The van der Waals surface area contributed by atoms with Crippen LogP contribution in [0.3, 0.4) is 0 Å². The van der Waals surface area contributed by atoms with Gasteiger partial charge in [-0.1, -0.05) is 12.1 Å². The Kier molecular flexibility index (Phi) is 4.17. The van der Waals surface area contributed by atoms with Gasteiger partial charge in [0.15, 0.2) is 0 Å². The molecule has 2 N–H and O–H groups in total. The highest BCUT2D eigenvalue weighted by Crippen LogP contribution is 2.11. The summed E-state index contributed by atoms with van der Waals surface area (Å²) in [7, 11) is 1.39. The molecule has 0 spiro atoms. The molecule has 1 rings (SSSR count). The zero-order chi connectivity index (χ0) is 12.1. The first-order valence-corrected chi connectivity index (χ1v) is 5.23. The molecule has 0 aromatic heterocycles. The van der Waals surface area contributed by atoms with Crippen LogP contribution in [-0.2, 0) is 11.3 Å². The molecule has 0 saturated heterocycles. The Balaban J connectivity index is 2.75. The zero-order valence-corrected chi connectivity index (χ0v) is 9.93. The van der Waals surface area contributed by atoms with Crippen molar-refractivity contribution in [2.45, 2.75) is 26.4 Å². The molecule has 0 atom stereocenters. The molecule has 0 aliphatic rings. The molecule has 0 fully saturated rings. The molecule has 1 aromatic carbocycles. The van der Waals surface area contributed by atoms with Crippen molar-refractivity contribution in [3.63, 3.8) is 0 Å². The summed E-state index contributed by atoms with van der Waals surface area (Å²) in [4.78, 5) is 13.2. The lowest BCUT2D eigenvalue weighted by Gasteiger charge is -2.25. The average molecular weight is 222 g/mol. The van der Waals surface area contributed by atoms with Gasteiger partial charge in [0.2, 0.25) is 0 Å². The maximum Gasteiger partial charge on any atom is 0.410 e. The molecule has 16 heavy (non-hydrogen) atoms. The van der Waals surface area contributed by atoms with Crippen LogP contribution >= 0.6 is 0 Å². The van der Waals surface area contributed by atoms with Crippen LogP contribution in [0.4, 0.5) is 10.5 Å². The van der Waals surface area contributed by atoms with Gasteiger partial charge >= 0.3 is 6.09 Å². The number of benzene rings is 1. The second kappa shape index (κ2) is 5.39. The summed E-state index contributed by atoms with van der Waals surface area (Å²) >= 11 is 0. The van der Waals surface area contributed by atoms with Crippen molar-refractivity contribution in [2.24, 2.45) is 0 Å². The topological polar surface area (TPSA) is 55.6 Å². The van der Waals surface area contributed by atoms with Gasteiger partial charge in [-0.25, -0.2) is 4.79 Å². The van der Waals surface area contributed by atoms with Gasteiger partial charge in [-0.3, -0.25) is 0 Å². The van der Waals surface area contributed by atoms with E-state index in [1.54, 1.807) is 4.90 Å². The second-order valence-electron chi connectivity index (χ2n) is 3.93. The van der Waals surface area contributed by atoms with Crippen LogP contribution in [0.1, 0.15) is 19.4 Å². The van der Waals surface area contributed by atoms with E-state index in [0.717, 1.165) is 11.3 Å². The average Bonchev–Trinajstić information content (AvgIpc) is 2.27. The summed E-state index contributed by atoms with van der Waals surface area (Å²) in [5, 5.41) is 0. The normalized spacial score (nSPS) is 10.2. The number of amides is 1. The van der Waals surface area contributed by atoms with Gasteiger partial charge in [0.05, 0.1) is 7.11 Å². The Labute approximate surface area is 96.0 Å². The van der Waals surface area contributed by atoms with Crippen molar-refractivity contribution in [2.75, 3.05) is 12.8 Å². The first-order valence-electron chi connectivity index (χ1n) is 5.23. The minimum absolute atomic E-state index is 0.102. The quantitative estimate of drug-likeness (QED) is 0.798. The maximum absolute atomic E-state index is 11.5. The molecule has 0 bridgehead atoms. The van der Waals surface area contributed by atoms with Gasteiger partial charge in [-0.2, -0.15) is 0 Å². The Morgan fingerprint density at radius 2 is 1.94 bits per heavy atom. The van der Waals surface area contributed by atoms with Crippen LogP contribution in [-0.4, -0.2) is 24.1 Å². The Morgan fingerprint density at radius 1 is 1.38 bits per heavy atom. The first kappa shape index (κ1) is 12.4. The predicted molar refractivity (Wildman–Crippen MR) is 63.9 cm³/mol. The van der Waals surface area contributed by atoms with Gasteiger partial charge in [-0.15, -0.1) is 0 Å². The number of ether oxygens (including phenoxy) is 1. The Morgan fingerprint density at radius 3 is 2.38 bits per heavy atom. The van der Waals surface area contributed by atoms with Crippen molar-refractivity contribution in [3.05, 3.63) is 29.8 Å². The fourth-order valence-electron chi connectivity index (χ4n) is 1.39. The molecule has 4 heteroatoms. The third-order valence-corrected chi connectivity index (χ3v) is 2.37. The number of rotatable bonds is 3. The number of carbonyl (C=O) groups excluding carboxylic acids is 1. The highest BCUT2D eigenvalue weighted by molar-refractivity contribution is 5.67. The van der Waals surface area contributed by atoms with Gasteiger partial charge in [0.1, 0.15) is 0 Å². The number of methoxy groups -OCH3 is 1. The second-order valence-corrected chi connectivity index (χ2v) is 3.93. The van der Waals surface area contributed by atoms with E-state index in [1.165, 1.54) is 7.11 Å². The van der Waals surface area contributed by atoms with Gasteiger partial charge < -0.3 is 15.4 Å². The monoisotopic (exact) mass is 222 g/mol. The molecule has 1 amide bonds. The van der Waals surface area contributed by atoms with E-state index >= 15 is 0 Å². The minimum Gasteiger partial charge on any atom is -0.453 e. The number of nitrogens with zero attached hydrogens (tertiary/aromatic N) is 1. The standard InChI is InChI=1S/C12H18N2O2/c1-9(2)14(12(15)16-3)8-10-4-6-11(13)7-5-10/h4-7,9H,8,13H2,1-3H3. The highest BCUT2D eigenvalue weighted by atomic mass is 16.5. The smallest absolute Gasteiger partial charge is 0.410 e. The van der Waals surface area contributed by atoms with Crippen LogP contribution < -0.4 is 5.73 Å². The summed E-state index contributed by atoms with van der Waals surface area (Å²) in [6.07, 6.45) is -0.313. The molecule has 0 aliphatic heterocycles. The molecule has 0 radical (unpaired) electrons. The summed E-state index contributed by atoms with van der Waals surface area (Å²) in [6.45, 7) is 4.44. The van der Waals surface area contributed by atoms with Crippen molar-refractivity contribution in [1.29, 1.82) is 0 Å². The summed E-state index contributed by atoms with van der Waals surface area (Å²) in [5.74, 6) is 0. The van der Waals surface area contributed by atoms with Crippen LogP contribution in [0, 0.1) is 0 Å². The van der Waals surface area contributed by atoms with Crippen molar-refractivity contribution in [1.82, 2.24) is 4.90 Å². The number of hydrogen-bond donors (Lipinski definition) is 1. The Hall–Kier alpha value is -1.71. The van der Waals surface area contributed by atoms with E-state index < -0.39 is 0 Å². The van der Waals surface area contributed by atoms with Crippen molar-refractivity contribution >= 4 is 11.8 Å². The molecule has 4 nitrogen and oxygen atoms in total. The van der Waals surface area contributed by atoms with E-state index in [1.807, 2.05) is 38.1 Å².